The Bertz CT molecular complexity index is 1260. The number of H-pyrrole nitrogens is 1. The van der Waals surface area contributed by atoms with Gasteiger partial charge in [0.05, 0.1) is 11.6 Å². The van der Waals surface area contributed by atoms with E-state index in [0.717, 1.165) is 38.9 Å². The van der Waals surface area contributed by atoms with E-state index < -0.39 is 5.97 Å². The Morgan fingerprint density at radius 3 is 2.82 bits per heavy atom. The fourth-order valence-electron chi connectivity index (χ4n) is 3.99. The molecule has 0 spiro atoms. The van der Waals surface area contributed by atoms with Crippen LogP contribution in [0.2, 0.25) is 0 Å². The van der Waals surface area contributed by atoms with E-state index in [4.69, 9.17) is 0 Å². The lowest BCUT2D eigenvalue weighted by atomic mass is 9.97. The Kier molecular flexibility index (Phi) is 3.81. The van der Waals surface area contributed by atoms with Gasteiger partial charge in [0.1, 0.15) is 10.9 Å². The van der Waals surface area contributed by atoms with Crippen molar-refractivity contribution in [2.75, 3.05) is 0 Å². The van der Waals surface area contributed by atoms with Crippen molar-refractivity contribution in [3.63, 3.8) is 0 Å². The Labute approximate surface area is 165 Å². The Morgan fingerprint density at radius 2 is 2.04 bits per heavy atom. The summed E-state index contributed by atoms with van der Waals surface area (Å²) in [5.41, 5.74) is 6.00. The summed E-state index contributed by atoms with van der Waals surface area (Å²) in [6.07, 6.45) is 0.696. The lowest BCUT2D eigenvalue weighted by Gasteiger charge is -2.07. The fraction of sp³-hybridized carbons (Fsp3) is 0.130. The van der Waals surface area contributed by atoms with Crippen LogP contribution in [0.1, 0.15) is 22.8 Å². The molecule has 5 heteroatoms. The van der Waals surface area contributed by atoms with Crippen molar-refractivity contribution in [1.29, 1.82) is 5.26 Å². The minimum atomic E-state index is -0.723. The summed E-state index contributed by atoms with van der Waals surface area (Å²) in [4.78, 5) is 15.5. The predicted molar refractivity (Wildman–Crippen MR) is 110 cm³/mol. The second-order valence-corrected chi connectivity index (χ2v) is 8.02. The zero-order valence-electron chi connectivity index (χ0n) is 14.8. The highest BCUT2D eigenvalue weighted by Gasteiger charge is 2.44. The van der Waals surface area contributed by atoms with Crippen molar-refractivity contribution in [3.05, 3.63) is 70.4 Å². The van der Waals surface area contributed by atoms with Crippen LogP contribution in [-0.4, -0.2) is 16.1 Å². The van der Waals surface area contributed by atoms with E-state index in [-0.39, 0.29) is 11.8 Å². The zero-order valence-corrected chi connectivity index (χ0v) is 15.7. The monoisotopic (exact) mass is 384 g/mol. The molecule has 1 aliphatic carbocycles. The largest absolute Gasteiger partial charge is 0.481 e. The second kappa shape index (κ2) is 6.36. The first kappa shape index (κ1) is 16.8. The van der Waals surface area contributed by atoms with Gasteiger partial charge in [-0.15, -0.1) is 11.3 Å². The van der Waals surface area contributed by atoms with Crippen LogP contribution in [0.5, 0.6) is 0 Å². The molecule has 2 aromatic carbocycles. The molecule has 0 amide bonds. The number of aromatic nitrogens is 1. The molecular formula is C23H16N2O2S. The van der Waals surface area contributed by atoms with Crippen molar-refractivity contribution in [2.24, 2.45) is 5.92 Å². The maximum absolute atomic E-state index is 11.3. The summed E-state index contributed by atoms with van der Waals surface area (Å²) < 4.78 is 0. The van der Waals surface area contributed by atoms with Gasteiger partial charge < -0.3 is 10.1 Å². The molecule has 1 fully saturated rings. The average Bonchev–Trinajstić information content (AvgIpc) is 3.24. The standard InChI is InChI=1S/C23H16N2O2S/c24-12-20-16(8-9-28-20)21-15-6-1-2-7-19(15)25-22(21)14-5-3-4-13(10-14)17-11-18(17)23(26)27/h1-10,17-18,25H,11H2,(H,26,27). The molecule has 0 radical (unpaired) electrons. The Balaban J connectivity index is 1.69. The quantitative estimate of drug-likeness (QED) is 0.479. The van der Waals surface area contributed by atoms with E-state index >= 15 is 0 Å². The molecule has 1 saturated carbocycles. The minimum absolute atomic E-state index is 0.0843. The first-order valence-electron chi connectivity index (χ1n) is 9.09. The van der Waals surface area contributed by atoms with Crippen molar-refractivity contribution in [1.82, 2.24) is 4.98 Å². The number of thiophene rings is 1. The Morgan fingerprint density at radius 1 is 1.18 bits per heavy atom. The van der Waals surface area contributed by atoms with Gasteiger partial charge in [0, 0.05) is 22.0 Å². The number of rotatable bonds is 4. The van der Waals surface area contributed by atoms with Gasteiger partial charge in [-0.2, -0.15) is 5.26 Å². The lowest BCUT2D eigenvalue weighted by molar-refractivity contribution is -0.138. The smallest absolute Gasteiger partial charge is 0.307 e. The normalized spacial score (nSPS) is 18.1. The number of carbonyl (C=O) groups is 1. The number of carboxylic acids is 1. The maximum atomic E-state index is 11.3. The van der Waals surface area contributed by atoms with Crippen molar-refractivity contribution >= 4 is 28.2 Å². The predicted octanol–water partition coefficient (Wildman–Crippen LogP) is 5.62. The number of nitriles is 1. The van der Waals surface area contributed by atoms with Gasteiger partial charge in [0.25, 0.3) is 0 Å². The molecule has 4 nitrogen and oxygen atoms in total. The molecule has 5 rings (SSSR count). The van der Waals surface area contributed by atoms with Gasteiger partial charge in [-0.05, 0) is 47.0 Å². The minimum Gasteiger partial charge on any atom is -0.481 e. The van der Waals surface area contributed by atoms with Gasteiger partial charge >= 0.3 is 5.97 Å². The van der Waals surface area contributed by atoms with Crippen LogP contribution in [0.15, 0.2) is 60.0 Å². The molecule has 0 aliphatic heterocycles. The molecule has 2 atom stereocenters. The number of aliphatic carboxylic acids is 1. The van der Waals surface area contributed by atoms with Gasteiger partial charge in [0.2, 0.25) is 0 Å². The van der Waals surface area contributed by atoms with Crippen LogP contribution < -0.4 is 0 Å². The molecule has 1 aliphatic rings. The average molecular weight is 384 g/mol. The summed E-state index contributed by atoms with van der Waals surface area (Å²) >= 11 is 1.44. The van der Waals surface area contributed by atoms with Crippen molar-refractivity contribution in [2.45, 2.75) is 12.3 Å². The highest BCUT2D eigenvalue weighted by atomic mass is 32.1. The number of aromatic amines is 1. The molecule has 2 N–H and O–H groups in total. The van der Waals surface area contributed by atoms with Crippen LogP contribution >= 0.6 is 11.3 Å². The number of nitrogens with one attached hydrogen (secondary N) is 1. The third kappa shape index (κ3) is 2.62. The number of carboxylic acid groups (broad SMARTS) is 1. The third-order valence-corrected chi connectivity index (χ3v) is 6.27. The molecular weight excluding hydrogens is 368 g/mol. The van der Waals surface area contributed by atoms with Gasteiger partial charge in [0.15, 0.2) is 0 Å². The third-order valence-electron chi connectivity index (χ3n) is 5.45. The first-order chi connectivity index (χ1) is 13.7. The maximum Gasteiger partial charge on any atom is 0.307 e. The first-order valence-corrected chi connectivity index (χ1v) is 9.97. The van der Waals surface area contributed by atoms with Crippen LogP contribution in [0, 0.1) is 17.2 Å². The molecule has 4 aromatic rings. The summed E-state index contributed by atoms with van der Waals surface area (Å²) in [6, 6.07) is 20.5. The molecule has 136 valence electrons. The number of fused-ring (bicyclic) bond motifs is 1. The SMILES string of the molecule is N#Cc1sccc1-c1c(-c2cccc(C3CC3C(=O)O)c2)[nH]c2ccccc12. The van der Waals surface area contributed by atoms with Gasteiger partial charge in [-0.3, -0.25) is 4.79 Å². The highest BCUT2D eigenvalue weighted by Crippen LogP contribution is 2.49. The van der Waals surface area contributed by atoms with E-state index in [0.29, 0.717) is 11.3 Å². The molecule has 2 unspecified atom stereocenters. The van der Waals surface area contributed by atoms with Gasteiger partial charge in [-0.1, -0.05) is 36.4 Å². The topological polar surface area (TPSA) is 76.9 Å². The number of hydrogen-bond donors (Lipinski definition) is 2. The molecule has 2 heterocycles. The molecule has 0 saturated heterocycles. The van der Waals surface area contributed by atoms with Gasteiger partial charge in [-0.25, -0.2) is 0 Å². The van der Waals surface area contributed by atoms with E-state index in [1.807, 2.05) is 47.8 Å². The van der Waals surface area contributed by atoms with E-state index in [1.54, 1.807) is 0 Å². The summed E-state index contributed by atoms with van der Waals surface area (Å²) in [5, 5.41) is 21.8. The fourth-order valence-corrected chi connectivity index (χ4v) is 4.68. The number of hydrogen-bond acceptors (Lipinski definition) is 3. The van der Waals surface area contributed by atoms with Crippen molar-refractivity contribution < 1.29 is 9.90 Å². The lowest BCUT2D eigenvalue weighted by Crippen LogP contribution is -1.99. The molecule has 2 aromatic heterocycles. The zero-order chi connectivity index (χ0) is 19.3. The van der Waals surface area contributed by atoms with Crippen LogP contribution in [-0.2, 0) is 4.79 Å². The van der Waals surface area contributed by atoms with Crippen molar-refractivity contribution in [3.8, 4) is 28.5 Å². The van der Waals surface area contributed by atoms with E-state index in [9.17, 15) is 15.2 Å². The molecule has 0 bridgehead atoms. The number of nitrogens with zero attached hydrogens (tertiary/aromatic N) is 1. The van der Waals surface area contributed by atoms with Crippen LogP contribution in [0.25, 0.3) is 33.3 Å². The highest BCUT2D eigenvalue weighted by molar-refractivity contribution is 7.11. The molecule has 28 heavy (non-hydrogen) atoms. The van der Waals surface area contributed by atoms with E-state index in [2.05, 4.69) is 23.2 Å². The summed E-state index contributed by atoms with van der Waals surface area (Å²) in [7, 11) is 0. The summed E-state index contributed by atoms with van der Waals surface area (Å²) in [5.74, 6) is -0.917. The second-order valence-electron chi connectivity index (χ2n) is 7.11. The van der Waals surface area contributed by atoms with Crippen LogP contribution in [0.4, 0.5) is 0 Å². The number of benzene rings is 2. The Hall–Kier alpha value is -3.36. The van der Waals surface area contributed by atoms with E-state index in [1.165, 1.54) is 11.3 Å². The number of para-hydroxylation sites is 1. The van der Waals surface area contributed by atoms with Crippen LogP contribution in [0.3, 0.4) is 0 Å². The summed E-state index contributed by atoms with van der Waals surface area (Å²) in [6.45, 7) is 0.